The highest BCUT2D eigenvalue weighted by molar-refractivity contribution is 7.16. The monoisotopic (exact) mass is 302 g/mol. The van der Waals surface area contributed by atoms with Gasteiger partial charge in [0.25, 0.3) is 0 Å². The van der Waals surface area contributed by atoms with Gasteiger partial charge in [0.2, 0.25) is 5.91 Å². The first-order valence-corrected chi connectivity index (χ1v) is 7.19. The molecule has 0 bridgehead atoms. The summed E-state index contributed by atoms with van der Waals surface area (Å²) >= 11 is 7.38. The maximum absolute atomic E-state index is 11.8. The third kappa shape index (κ3) is 3.26. The first-order valence-electron chi connectivity index (χ1n) is 5.99. The van der Waals surface area contributed by atoms with Gasteiger partial charge in [-0.2, -0.15) is 0 Å². The van der Waals surface area contributed by atoms with Crippen LogP contribution in [0.5, 0.6) is 0 Å². The van der Waals surface area contributed by atoms with Crippen LogP contribution < -0.4 is 5.32 Å². The normalized spacial score (nSPS) is 22.0. The Balaban J connectivity index is 2.19. The van der Waals surface area contributed by atoms with E-state index >= 15 is 0 Å². The lowest BCUT2D eigenvalue weighted by atomic mass is 10.1. The van der Waals surface area contributed by atoms with Crippen LogP contribution in [-0.4, -0.2) is 41.0 Å². The fourth-order valence-corrected chi connectivity index (χ4v) is 3.42. The number of amides is 1. The van der Waals surface area contributed by atoms with Crippen LogP contribution in [-0.2, 0) is 9.59 Å². The molecule has 7 heteroatoms. The van der Waals surface area contributed by atoms with Crippen molar-refractivity contribution in [3.8, 4) is 0 Å². The molecule has 0 aliphatic carbocycles. The lowest BCUT2D eigenvalue weighted by Crippen LogP contribution is -2.56. The largest absolute Gasteiger partial charge is 0.481 e. The summed E-state index contributed by atoms with van der Waals surface area (Å²) in [5.74, 6) is -1.19. The Morgan fingerprint density at radius 1 is 1.68 bits per heavy atom. The minimum atomic E-state index is -0.969. The van der Waals surface area contributed by atoms with Gasteiger partial charge in [-0.15, -0.1) is 11.3 Å². The van der Waals surface area contributed by atoms with Crippen LogP contribution in [0.2, 0.25) is 4.34 Å². The molecular formula is C12H15ClN2O3S. The maximum Gasteiger partial charge on any atom is 0.305 e. The van der Waals surface area contributed by atoms with Crippen LogP contribution in [0.3, 0.4) is 0 Å². The van der Waals surface area contributed by atoms with Crippen LogP contribution >= 0.6 is 22.9 Å². The van der Waals surface area contributed by atoms with Crippen LogP contribution in [0, 0.1) is 0 Å². The molecule has 1 aromatic heterocycles. The molecule has 1 saturated heterocycles. The molecule has 2 unspecified atom stereocenters. The summed E-state index contributed by atoms with van der Waals surface area (Å²) in [6.07, 6.45) is -0.185. The van der Waals surface area contributed by atoms with Gasteiger partial charge in [0.15, 0.2) is 0 Å². The second kappa shape index (κ2) is 5.90. The molecule has 1 amide bonds. The second-order valence-corrected chi connectivity index (χ2v) is 6.21. The van der Waals surface area contributed by atoms with Crippen molar-refractivity contribution in [2.24, 2.45) is 0 Å². The van der Waals surface area contributed by atoms with Crippen molar-refractivity contribution >= 4 is 34.8 Å². The van der Waals surface area contributed by atoms with Gasteiger partial charge in [0, 0.05) is 24.0 Å². The summed E-state index contributed by atoms with van der Waals surface area (Å²) < 4.78 is 0.693. The molecule has 1 fully saturated rings. The van der Waals surface area contributed by atoms with Gasteiger partial charge < -0.3 is 10.4 Å². The second-order valence-electron chi connectivity index (χ2n) is 4.46. The number of hydrogen-bond donors (Lipinski definition) is 2. The van der Waals surface area contributed by atoms with Gasteiger partial charge in [-0.1, -0.05) is 11.6 Å². The molecule has 2 N–H and O–H groups in total. The Morgan fingerprint density at radius 3 is 3.00 bits per heavy atom. The van der Waals surface area contributed by atoms with E-state index in [2.05, 4.69) is 5.32 Å². The van der Waals surface area contributed by atoms with Crippen molar-refractivity contribution in [3.05, 3.63) is 21.3 Å². The standard InChI is InChI=1S/C12H15ClN2O3S/c1-7(9-2-3-10(13)19-9)15-5-4-14-12(18)8(15)6-11(16)17/h2-3,7-8H,4-6H2,1H3,(H,14,18)(H,16,17). The highest BCUT2D eigenvalue weighted by Crippen LogP contribution is 2.32. The first-order chi connectivity index (χ1) is 8.99. The molecule has 0 radical (unpaired) electrons. The molecule has 2 atom stereocenters. The zero-order chi connectivity index (χ0) is 14.0. The van der Waals surface area contributed by atoms with Gasteiger partial charge in [-0.05, 0) is 19.1 Å². The molecule has 1 aromatic rings. The lowest BCUT2D eigenvalue weighted by Gasteiger charge is -2.38. The number of aliphatic carboxylic acids is 1. The summed E-state index contributed by atoms with van der Waals surface area (Å²) in [5, 5.41) is 11.6. The molecule has 104 valence electrons. The number of nitrogens with zero attached hydrogens (tertiary/aromatic N) is 1. The van der Waals surface area contributed by atoms with Crippen molar-refractivity contribution in [1.29, 1.82) is 0 Å². The Hall–Kier alpha value is -1.11. The zero-order valence-electron chi connectivity index (χ0n) is 10.4. The third-order valence-electron chi connectivity index (χ3n) is 3.24. The highest BCUT2D eigenvalue weighted by Gasteiger charge is 2.35. The smallest absolute Gasteiger partial charge is 0.305 e. The molecule has 2 rings (SSSR count). The SMILES string of the molecule is CC(c1ccc(Cl)s1)N1CCNC(=O)C1CC(=O)O. The van der Waals surface area contributed by atoms with E-state index in [0.29, 0.717) is 17.4 Å². The molecule has 5 nitrogen and oxygen atoms in total. The minimum Gasteiger partial charge on any atom is -0.481 e. The van der Waals surface area contributed by atoms with E-state index < -0.39 is 12.0 Å². The van der Waals surface area contributed by atoms with E-state index in [9.17, 15) is 9.59 Å². The number of piperazine rings is 1. The number of carboxylic acid groups (broad SMARTS) is 1. The number of thiophene rings is 1. The van der Waals surface area contributed by atoms with Crippen molar-refractivity contribution < 1.29 is 14.7 Å². The van der Waals surface area contributed by atoms with Crippen molar-refractivity contribution in [2.75, 3.05) is 13.1 Å². The number of halogens is 1. The molecule has 1 aliphatic rings. The fourth-order valence-electron chi connectivity index (χ4n) is 2.29. The Morgan fingerprint density at radius 2 is 2.42 bits per heavy atom. The lowest BCUT2D eigenvalue weighted by molar-refractivity contribution is -0.143. The van der Waals surface area contributed by atoms with Crippen molar-refractivity contribution in [1.82, 2.24) is 10.2 Å². The van der Waals surface area contributed by atoms with E-state index in [1.807, 2.05) is 24.0 Å². The van der Waals surface area contributed by atoms with Crippen LogP contribution in [0.1, 0.15) is 24.3 Å². The number of hydrogen-bond acceptors (Lipinski definition) is 4. The van der Waals surface area contributed by atoms with E-state index in [0.717, 1.165) is 4.88 Å². The van der Waals surface area contributed by atoms with E-state index in [1.54, 1.807) is 0 Å². The van der Waals surface area contributed by atoms with Gasteiger partial charge in [0.05, 0.1) is 10.8 Å². The molecular weight excluding hydrogens is 288 g/mol. The summed E-state index contributed by atoms with van der Waals surface area (Å²) in [6.45, 7) is 3.15. The number of carbonyl (C=O) groups excluding carboxylic acids is 1. The third-order valence-corrected chi connectivity index (χ3v) is 4.64. The van der Waals surface area contributed by atoms with Gasteiger partial charge in [-0.3, -0.25) is 14.5 Å². The van der Waals surface area contributed by atoms with Gasteiger partial charge in [0.1, 0.15) is 6.04 Å². The predicted octanol–water partition coefficient (Wildman–Crippen LogP) is 1.74. The fraction of sp³-hybridized carbons (Fsp3) is 0.500. The number of carbonyl (C=O) groups is 2. The van der Waals surface area contributed by atoms with Crippen LogP contribution in [0.25, 0.3) is 0 Å². The summed E-state index contributed by atoms with van der Waals surface area (Å²) in [7, 11) is 0. The average molecular weight is 303 g/mol. The number of nitrogens with one attached hydrogen (secondary N) is 1. The van der Waals surface area contributed by atoms with Crippen LogP contribution in [0.15, 0.2) is 12.1 Å². The topological polar surface area (TPSA) is 69.6 Å². The average Bonchev–Trinajstić information content (AvgIpc) is 2.77. The zero-order valence-corrected chi connectivity index (χ0v) is 12.0. The summed E-state index contributed by atoms with van der Waals surface area (Å²) in [6, 6.07) is 3.09. The van der Waals surface area contributed by atoms with Gasteiger partial charge in [-0.25, -0.2) is 0 Å². The van der Waals surface area contributed by atoms with Crippen molar-refractivity contribution in [3.63, 3.8) is 0 Å². The summed E-state index contributed by atoms with van der Waals surface area (Å²) in [4.78, 5) is 25.7. The maximum atomic E-state index is 11.8. The Kier molecular flexibility index (Phi) is 4.44. The van der Waals surface area contributed by atoms with E-state index in [-0.39, 0.29) is 18.4 Å². The Labute approximate surface area is 120 Å². The quantitative estimate of drug-likeness (QED) is 0.889. The molecule has 1 aliphatic heterocycles. The minimum absolute atomic E-state index is 0.0205. The number of rotatable bonds is 4. The first kappa shape index (κ1) is 14.3. The van der Waals surface area contributed by atoms with E-state index in [1.165, 1.54) is 11.3 Å². The van der Waals surface area contributed by atoms with E-state index in [4.69, 9.17) is 16.7 Å². The highest BCUT2D eigenvalue weighted by atomic mass is 35.5. The molecule has 19 heavy (non-hydrogen) atoms. The molecule has 0 saturated carbocycles. The molecule has 2 heterocycles. The predicted molar refractivity (Wildman–Crippen MR) is 73.5 cm³/mol. The number of carboxylic acids is 1. The van der Waals surface area contributed by atoms with Crippen molar-refractivity contribution in [2.45, 2.75) is 25.4 Å². The van der Waals surface area contributed by atoms with Crippen LogP contribution in [0.4, 0.5) is 0 Å². The molecule has 0 aromatic carbocycles. The van der Waals surface area contributed by atoms with Gasteiger partial charge >= 0.3 is 5.97 Å². The molecule has 0 spiro atoms. The Bertz CT molecular complexity index is 491. The summed E-state index contributed by atoms with van der Waals surface area (Å²) in [5.41, 5.74) is 0.